The standard InChI is InChI=1S/C14H28N2/c1-5-13-6-8-14(9-7-13)16(4)11-12(2)10-15-3/h13-15H,2,5-11H2,1,3-4H3. The van der Waals surface area contributed by atoms with E-state index in [0.717, 1.165) is 25.0 Å². The van der Waals surface area contributed by atoms with Crippen molar-refractivity contribution in [2.24, 2.45) is 5.92 Å². The molecule has 0 aliphatic heterocycles. The van der Waals surface area contributed by atoms with Crippen LogP contribution in [-0.4, -0.2) is 38.1 Å². The summed E-state index contributed by atoms with van der Waals surface area (Å²) in [6, 6.07) is 0.788. The predicted octanol–water partition coefficient (Wildman–Crippen LogP) is 2.66. The second kappa shape index (κ2) is 7.08. The van der Waals surface area contributed by atoms with Crippen LogP contribution in [0, 0.1) is 5.92 Å². The van der Waals surface area contributed by atoms with Crippen LogP contribution in [0.15, 0.2) is 12.2 Å². The fraction of sp³-hybridized carbons (Fsp3) is 0.857. The van der Waals surface area contributed by atoms with Crippen LogP contribution < -0.4 is 5.32 Å². The van der Waals surface area contributed by atoms with Crippen molar-refractivity contribution in [3.63, 3.8) is 0 Å². The molecule has 1 aliphatic rings. The Balaban J connectivity index is 2.27. The summed E-state index contributed by atoms with van der Waals surface area (Å²) in [7, 11) is 4.23. The molecule has 1 rings (SSSR count). The monoisotopic (exact) mass is 224 g/mol. The molecule has 1 aliphatic carbocycles. The van der Waals surface area contributed by atoms with Crippen molar-refractivity contribution in [1.29, 1.82) is 0 Å². The van der Waals surface area contributed by atoms with Crippen LogP contribution in [-0.2, 0) is 0 Å². The van der Waals surface area contributed by atoms with Crippen molar-refractivity contribution in [2.45, 2.75) is 45.1 Å². The van der Waals surface area contributed by atoms with Gasteiger partial charge in [0.1, 0.15) is 0 Å². The molecule has 2 heteroatoms. The van der Waals surface area contributed by atoms with Crippen LogP contribution in [0.4, 0.5) is 0 Å². The Morgan fingerprint density at radius 2 is 1.94 bits per heavy atom. The van der Waals surface area contributed by atoms with Gasteiger partial charge in [-0.05, 0) is 51.3 Å². The number of nitrogens with zero attached hydrogens (tertiary/aromatic N) is 1. The lowest BCUT2D eigenvalue weighted by Gasteiger charge is -2.34. The molecule has 0 heterocycles. The molecular weight excluding hydrogens is 196 g/mol. The van der Waals surface area contributed by atoms with E-state index in [0.29, 0.717) is 0 Å². The molecule has 0 aromatic carbocycles. The quantitative estimate of drug-likeness (QED) is 0.698. The maximum absolute atomic E-state index is 4.11. The summed E-state index contributed by atoms with van der Waals surface area (Å²) in [4.78, 5) is 2.49. The highest BCUT2D eigenvalue weighted by Gasteiger charge is 2.22. The fourth-order valence-electron chi connectivity index (χ4n) is 2.78. The van der Waals surface area contributed by atoms with Gasteiger partial charge in [-0.25, -0.2) is 0 Å². The van der Waals surface area contributed by atoms with E-state index in [-0.39, 0.29) is 0 Å². The molecule has 0 aromatic rings. The number of hydrogen-bond donors (Lipinski definition) is 1. The van der Waals surface area contributed by atoms with Crippen LogP contribution in [0.1, 0.15) is 39.0 Å². The molecule has 0 saturated heterocycles. The van der Waals surface area contributed by atoms with Gasteiger partial charge < -0.3 is 5.32 Å². The molecule has 0 aromatic heterocycles. The number of hydrogen-bond acceptors (Lipinski definition) is 2. The van der Waals surface area contributed by atoms with Gasteiger partial charge in [0.25, 0.3) is 0 Å². The second-order valence-corrected chi connectivity index (χ2v) is 5.28. The average molecular weight is 224 g/mol. The van der Waals surface area contributed by atoms with Gasteiger partial charge >= 0.3 is 0 Å². The molecule has 0 spiro atoms. The van der Waals surface area contributed by atoms with Crippen LogP contribution in [0.25, 0.3) is 0 Å². The van der Waals surface area contributed by atoms with Crippen molar-refractivity contribution >= 4 is 0 Å². The van der Waals surface area contributed by atoms with E-state index in [1.165, 1.54) is 37.7 Å². The SMILES string of the molecule is C=C(CNC)CN(C)C1CCC(CC)CC1. The van der Waals surface area contributed by atoms with Crippen LogP contribution in [0.3, 0.4) is 0 Å². The lowest BCUT2D eigenvalue weighted by atomic mass is 9.84. The third-order valence-electron chi connectivity index (χ3n) is 3.92. The molecule has 0 amide bonds. The van der Waals surface area contributed by atoms with Crippen LogP contribution in [0.2, 0.25) is 0 Å². The average Bonchev–Trinajstić information content (AvgIpc) is 2.29. The molecular formula is C14H28N2. The molecule has 1 saturated carbocycles. The zero-order valence-electron chi connectivity index (χ0n) is 11.3. The van der Waals surface area contributed by atoms with E-state index < -0.39 is 0 Å². The van der Waals surface area contributed by atoms with Crippen molar-refractivity contribution in [2.75, 3.05) is 27.2 Å². The highest BCUT2D eigenvalue weighted by atomic mass is 15.1. The van der Waals surface area contributed by atoms with Gasteiger partial charge in [0.05, 0.1) is 0 Å². The second-order valence-electron chi connectivity index (χ2n) is 5.28. The Morgan fingerprint density at radius 3 is 2.44 bits per heavy atom. The molecule has 0 atom stereocenters. The Labute approximate surface area is 101 Å². The molecule has 2 nitrogen and oxygen atoms in total. The summed E-state index contributed by atoms with van der Waals surface area (Å²) in [6.45, 7) is 8.41. The highest BCUT2D eigenvalue weighted by molar-refractivity contribution is 5.00. The van der Waals surface area contributed by atoms with E-state index in [1.807, 2.05) is 7.05 Å². The first kappa shape index (κ1) is 13.7. The third-order valence-corrected chi connectivity index (χ3v) is 3.92. The lowest BCUT2D eigenvalue weighted by molar-refractivity contribution is 0.173. The maximum atomic E-state index is 4.11. The molecule has 0 bridgehead atoms. The third kappa shape index (κ3) is 4.26. The van der Waals surface area contributed by atoms with E-state index in [2.05, 4.69) is 30.8 Å². The summed E-state index contributed by atoms with van der Waals surface area (Å²) in [5, 5.41) is 3.17. The zero-order chi connectivity index (χ0) is 12.0. The Hall–Kier alpha value is -0.340. The molecule has 16 heavy (non-hydrogen) atoms. The molecule has 94 valence electrons. The number of nitrogens with one attached hydrogen (secondary N) is 1. The summed E-state index contributed by atoms with van der Waals surface area (Å²) < 4.78 is 0. The van der Waals surface area contributed by atoms with Gasteiger partial charge in [0.15, 0.2) is 0 Å². The van der Waals surface area contributed by atoms with Gasteiger partial charge in [0, 0.05) is 19.1 Å². The smallest absolute Gasteiger partial charge is 0.0202 e. The Bertz CT molecular complexity index is 205. The summed E-state index contributed by atoms with van der Waals surface area (Å²) in [5.41, 5.74) is 1.29. The number of likely N-dealkylation sites (N-methyl/N-ethyl adjacent to an activating group) is 2. The topological polar surface area (TPSA) is 15.3 Å². The lowest BCUT2D eigenvalue weighted by Crippen LogP contribution is -2.37. The Morgan fingerprint density at radius 1 is 1.31 bits per heavy atom. The summed E-state index contributed by atoms with van der Waals surface area (Å²) in [5.74, 6) is 0.991. The summed E-state index contributed by atoms with van der Waals surface area (Å²) >= 11 is 0. The van der Waals surface area contributed by atoms with Gasteiger partial charge in [-0.2, -0.15) is 0 Å². The fourth-order valence-corrected chi connectivity index (χ4v) is 2.78. The largest absolute Gasteiger partial charge is 0.316 e. The predicted molar refractivity (Wildman–Crippen MR) is 71.7 cm³/mol. The summed E-state index contributed by atoms with van der Waals surface area (Å²) in [6.07, 6.45) is 6.96. The Kier molecular flexibility index (Phi) is 6.07. The van der Waals surface area contributed by atoms with E-state index in [9.17, 15) is 0 Å². The zero-order valence-corrected chi connectivity index (χ0v) is 11.3. The van der Waals surface area contributed by atoms with Crippen LogP contribution in [0.5, 0.6) is 0 Å². The minimum absolute atomic E-state index is 0.788. The van der Waals surface area contributed by atoms with Crippen molar-refractivity contribution in [3.8, 4) is 0 Å². The maximum Gasteiger partial charge on any atom is 0.0202 e. The minimum atomic E-state index is 0.788. The van der Waals surface area contributed by atoms with Crippen LogP contribution >= 0.6 is 0 Å². The first-order chi connectivity index (χ1) is 7.67. The first-order valence-corrected chi connectivity index (χ1v) is 6.68. The van der Waals surface area contributed by atoms with E-state index >= 15 is 0 Å². The highest BCUT2D eigenvalue weighted by Crippen LogP contribution is 2.28. The molecule has 0 radical (unpaired) electrons. The minimum Gasteiger partial charge on any atom is -0.316 e. The van der Waals surface area contributed by atoms with Gasteiger partial charge in [-0.1, -0.05) is 19.9 Å². The molecule has 0 unspecified atom stereocenters. The van der Waals surface area contributed by atoms with Crippen molar-refractivity contribution in [3.05, 3.63) is 12.2 Å². The normalized spacial score (nSPS) is 26.0. The van der Waals surface area contributed by atoms with Gasteiger partial charge in [0.2, 0.25) is 0 Å². The number of rotatable bonds is 6. The van der Waals surface area contributed by atoms with E-state index in [4.69, 9.17) is 0 Å². The van der Waals surface area contributed by atoms with Crippen molar-refractivity contribution in [1.82, 2.24) is 10.2 Å². The van der Waals surface area contributed by atoms with Gasteiger partial charge in [-0.3, -0.25) is 4.90 Å². The van der Waals surface area contributed by atoms with Gasteiger partial charge in [-0.15, -0.1) is 0 Å². The van der Waals surface area contributed by atoms with Crippen molar-refractivity contribution < 1.29 is 0 Å². The molecule has 1 fully saturated rings. The van der Waals surface area contributed by atoms with E-state index in [1.54, 1.807) is 0 Å². The first-order valence-electron chi connectivity index (χ1n) is 6.68. The molecule has 1 N–H and O–H groups in total.